The van der Waals surface area contributed by atoms with Crippen molar-refractivity contribution in [1.82, 2.24) is 0 Å². The van der Waals surface area contributed by atoms with Crippen molar-refractivity contribution in [3.05, 3.63) is 0 Å². The van der Waals surface area contributed by atoms with Gasteiger partial charge in [0.15, 0.2) is 0 Å². The van der Waals surface area contributed by atoms with Gasteiger partial charge in [0, 0.05) is 18.5 Å². The highest BCUT2D eigenvalue weighted by molar-refractivity contribution is 7.79. The minimum atomic E-state index is -2.18. The first-order valence-corrected chi connectivity index (χ1v) is 5.60. The molecule has 4 nitrogen and oxygen atoms in total. The highest BCUT2D eigenvalue weighted by atomic mass is 32.2. The minimum absolute atomic E-state index is 0.0710. The molecule has 1 N–H and O–H groups in total. The molecule has 1 saturated heterocycles. The van der Waals surface area contributed by atoms with Crippen molar-refractivity contribution in [2.45, 2.75) is 31.1 Å². The second-order valence-electron chi connectivity index (χ2n) is 3.41. The summed E-state index contributed by atoms with van der Waals surface area (Å²) in [6, 6.07) is 0. The molecule has 0 radical (unpaired) electrons. The molecule has 0 aliphatic carbocycles. The molecule has 3 atom stereocenters. The average molecular weight is 207 g/mol. The van der Waals surface area contributed by atoms with Gasteiger partial charge in [-0.15, -0.1) is 0 Å². The minimum Gasteiger partial charge on any atom is -0.772 e. The number of ether oxygens (including phenoxy) is 1. The summed E-state index contributed by atoms with van der Waals surface area (Å²) in [5, 5.41) is 8.99. The molecule has 0 aromatic heterocycles. The van der Waals surface area contributed by atoms with Crippen molar-refractivity contribution in [2.24, 2.45) is 5.92 Å². The van der Waals surface area contributed by atoms with Gasteiger partial charge in [-0.2, -0.15) is 0 Å². The Morgan fingerprint density at radius 2 is 2.08 bits per heavy atom. The quantitative estimate of drug-likeness (QED) is 0.663. The Hall–Kier alpha value is 0.0300. The van der Waals surface area contributed by atoms with Crippen LogP contribution in [-0.2, 0) is 15.8 Å². The molecule has 78 valence electrons. The van der Waals surface area contributed by atoms with E-state index in [0.29, 0.717) is 13.2 Å². The summed E-state index contributed by atoms with van der Waals surface area (Å²) in [5.74, 6) is 0.0710. The summed E-state index contributed by atoms with van der Waals surface area (Å²) < 4.78 is 26.3. The zero-order chi connectivity index (χ0) is 9.84. The van der Waals surface area contributed by atoms with Gasteiger partial charge in [0.05, 0.1) is 6.10 Å². The molecule has 5 heteroatoms. The molecule has 0 amide bonds. The fraction of sp³-hybridized carbons (Fsp3) is 1.00. The number of aliphatic hydroxyl groups excluding tert-OH is 1. The number of aliphatic hydroxyl groups is 1. The molecule has 1 fully saturated rings. The topological polar surface area (TPSA) is 69.6 Å². The fourth-order valence-electron chi connectivity index (χ4n) is 1.55. The largest absolute Gasteiger partial charge is 0.772 e. The number of rotatable bonds is 3. The van der Waals surface area contributed by atoms with E-state index in [2.05, 4.69) is 0 Å². The van der Waals surface area contributed by atoms with Gasteiger partial charge in [0.25, 0.3) is 0 Å². The first-order chi connectivity index (χ1) is 6.13. The monoisotopic (exact) mass is 207 g/mol. The van der Waals surface area contributed by atoms with E-state index in [1.165, 1.54) is 6.92 Å². The summed E-state index contributed by atoms with van der Waals surface area (Å²) in [6.45, 7) is 2.78. The molecule has 1 heterocycles. The van der Waals surface area contributed by atoms with Crippen LogP contribution in [0.4, 0.5) is 0 Å². The van der Waals surface area contributed by atoms with Crippen LogP contribution < -0.4 is 0 Å². The Bertz CT molecular complexity index is 179. The highest BCUT2D eigenvalue weighted by Gasteiger charge is 2.26. The van der Waals surface area contributed by atoms with Crippen LogP contribution in [0.5, 0.6) is 0 Å². The van der Waals surface area contributed by atoms with E-state index in [0.717, 1.165) is 12.8 Å². The van der Waals surface area contributed by atoms with Crippen LogP contribution in [0.2, 0.25) is 0 Å². The lowest BCUT2D eigenvalue weighted by molar-refractivity contribution is 0.00798. The van der Waals surface area contributed by atoms with E-state index in [1.54, 1.807) is 0 Å². The standard InChI is InChI=1S/C8H16O4S/c1-6(13(10)11)8(9)7-2-4-12-5-3-7/h6-9H,2-5H2,1H3,(H,10,11)/p-1/t6-,8-/m1/s1. The molecule has 1 rings (SSSR count). The Balaban J connectivity index is 2.44. The summed E-state index contributed by atoms with van der Waals surface area (Å²) in [7, 11) is 0. The Labute approximate surface area is 80.6 Å². The predicted octanol–water partition coefficient (Wildman–Crippen LogP) is 0.0415. The maximum absolute atomic E-state index is 10.6. The third-order valence-corrected chi connectivity index (χ3v) is 3.42. The van der Waals surface area contributed by atoms with Gasteiger partial charge in [-0.1, -0.05) is 0 Å². The molecule has 1 aliphatic rings. The molecule has 0 saturated carbocycles. The third kappa shape index (κ3) is 3.02. The van der Waals surface area contributed by atoms with Crippen LogP contribution in [0.15, 0.2) is 0 Å². The zero-order valence-corrected chi connectivity index (χ0v) is 8.46. The van der Waals surface area contributed by atoms with Gasteiger partial charge in [0.2, 0.25) is 0 Å². The van der Waals surface area contributed by atoms with E-state index in [9.17, 15) is 13.9 Å². The van der Waals surface area contributed by atoms with Crippen LogP contribution in [0.1, 0.15) is 19.8 Å². The zero-order valence-electron chi connectivity index (χ0n) is 7.64. The van der Waals surface area contributed by atoms with Crippen LogP contribution in [0, 0.1) is 5.92 Å². The van der Waals surface area contributed by atoms with Crippen molar-refractivity contribution < 1.29 is 18.6 Å². The smallest absolute Gasteiger partial charge is 0.0699 e. The lowest BCUT2D eigenvalue weighted by Gasteiger charge is -2.31. The Morgan fingerprint density at radius 1 is 1.54 bits per heavy atom. The summed E-state index contributed by atoms with van der Waals surface area (Å²) in [5.41, 5.74) is 0. The van der Waals surface area contributed by atoms with Crippen molar-refractivity contribution >= 4 is 11.1 Å². The fourth-order valence-corrected chi connectivity index (χ4v) is 2.00. The van der Waals surface area contributed by atoms with E-state index >= 15 is 0 Å². The van der Waals surface area contributed by atoms with Crippen molar-refractivity contribution in [3.63, 3.8) is 0 Å². The molecule has 0 aromatic rings. The maximum Gasteiger partial charge on any atom is 0.0699 e. The van der Waals surface area contributed by atoms with E-state index in [4.69, 9.17) is 4.74 Å². The van der Waals surface area contributed by atoms with Gasteiger partial charge < -0.3 is 14.4 Å². The molecular weight excluding hydrogens is 192 g/mol. The van der Waals surface area contributed by atoms with Crippen LogP contribution in [-0.4, -0.2) is 38.4 Å². The second-order valence-corrected chi connectivity index (χ2v) is 4.67. The molecule has 0 aromatic carbocycles. The van der Waals surface area contributed by atoms with Gasteiger partial charge in [-0.3, -0.25) is 4.21 Å². The lowest BCUT2D eigenvalue weighted by atomic mass is 9.92. The molecule has 13 heavy (non-hydrogen) atoms. The van der Waals surface area contributed by atoms with Gasteiger partial charge in [0.1, 0.15) is 0 Å². The molecule has 0 bridgehead atoms. The van der Waals surface area contributed by atoms with E-state index < -0.39 is 22.4 Å². The number of hydrogen-bond acceptors (Lipinski definition) is 4. The van der Waals surface area contributed by atoms with E-state index in [-0.39, 0.29) is 5.92 Å². The summed E-state index contributed by atoms with van der Waals surface area (Å²) in [4.78, 5) is 0. The second kappa shape index (κ2) is 5.05. The highest BCUT2D eigenvalue weighted by Crippen LogP contribution is 2.22. The first kappa shape index (κ1) is 11.1. The Morgan fingerprint density at radius 3 is 2.54 bits per heavy atom. The molecule has 0 spiro atoms. The van der Waals surface area contributed by atoms with Crippen molar-refractivity contribution in [1.29, 1.82) is 0 Å². The van der Waals surface area contributed by atoms with Crippen molar-refractivity contribution in [2.75, 3.05) is 13.2 Å². The average Bonchev–Trinajstić information content (AvgIpc) is 2.17. The van der Waals surface area contributed by atoms with E-state index in [1.807, 2.05) is 0 Å². The first-order valence-electron chi connectivity index (χ1n) is 4.47. The predicted molar refractivity (Wildman–Crippen MR) is 47.9 cm³/mol. The van der Waals surface area contributed by atoms with Gasteiger partial charge in [-0.25, -0.2) is 0 Å². The van der Waals surface area contributed by atoms with Gasteiger partial charge >= 0.3 is 0 Å². The SMILES string of the molecule is C[C@H]([C@@H](O)C1CCOCC1)S(=O)[O-]. The normalized spacial score (nSPS) is 26.7. The van der Waals surface area contributed by atoms with Crippen molar-refractivity contribution in [3.8, 4) is 0 Å². The van der Waals surface area contributed by atoms with Crippen LogP contribution in [0.25, 0.3) is 0 Å². The Kier molecular flexibility index (Phi) is 4.31. The van der Waals surface area contributed by atoms with Crippen LogP contribution >= 0.6 is 0 Å². The maximum atomic E-state index is 10.6. The van der Waals surface area contributed by atoms with Gasteiger partial charge in [-0.05, 0) is 36.8 Å². The molecular formula is C8H15O4S-. The summed E-state index contributed by atoms with van der Waals surface area (Å²) >= 11 is -2.18. The third-order valence-electron chi connectivity index (χ3n) is 2.53. The molecule has 1 aliphatic heterocycles. The molecule has 1 unspecified atom stereocenters. The summed E-state index contributed by atoms with van der Waals surface area (Å²) in [6.07, 6.45) is 0.757. The lowest BCUT2D eigenvalue weighted by Crippen LogP contribution is -2.37. The van der Waals surface area contributed by atoms with Crippen LogP contribution in [0.3, 0.4) is 0 Å². The number of hydrogen-bond donors (Lipinski definition) is 1.